The molecule has 4 heteroatoms. The molecule has 82 valence electrons. The lowest BCUT2D eigenvalue weighted by Crippen LogP contribution is -2.07. The lowest BCUT2D eigenvalue weighted by atomic mass is 10.1. The minimum absolute atomic E-state index is 0.215. The van der Waals surface area contributed by atoms with Crippen molar-refractivity contribution in [3.63, 3.8) is 0 Å². The fraction of sp³-hybridized carbons (Fsp3) is 0.167. The number of rotatable bonds is 3. The van der Waals surface area contributed by atoms with Crippen molar-refractivity contribution in [3.05, 3.63) is 53.0 Å². The van der Waals surface area contributed by atoms with Gasteiger partial charge in [0.15, 0.2) is 0 Å². The molecule has 0 saturated heterocycles. The number of nitrogens with zero attached hydrogens (tertiary/aromatic N) is 2. The van der Waals surface area contributed by atoms with Gasteiger partial charge in [0.1, 0.15) is 0 Å². The van der Waals surface area contributed by atoms with Gasteiger partial charge in [0.05, 0.1) is 16.2 Å². The first-order valence-electron chi connectivity index (χ1n) is 5.03. The third-order valence-corrected chi connectivity index (χ3v) is 2.96. The van der Waals surface area contributed by atoms with Gasteiger partial charge in [0.2, 0.25) is 0 Å². The number of halogens is 1. The zero-order valence-corrected chi connectivity index (χ0v) is 10.5. The van der Waals surface area contributed by atoms with Crippen molar-refractivity contribution in [2.75, 3.05) is 5.32 Å². The van der Waals surface area contributed by atoms with Crippen LogP contribution in [0.5, 0.6) is 0 Å². The van der Waals surface area contributed by atoms with Crippen molar-refractivity contribution < 1.29 is 0 Å². The number of hydrogen-bond donors (Lipinski definition) is 1. The van der Waals surface area contributed by atoms with E-state index in [2.05, 4.69) is 44.2 Å². The van der Waals surface area contributed by atoms with Crippen LogP contribution in [0.3, 0.4) is 0 Å². The predicted molar refractivity (Wildman–Crippen MR) is 68.2 cm³/mol. The molecule has 0 aliphatic carbocycles. The molecule has 0 aromatic carbocycles. The molecular weight excluding hydrogens is 266 g/mol. The van der Waals surface area contributed by atoms with Crippen LogP contribution in [0.15, 0.2) is 47.5 Å². The van der Waals surface area contributed by atoms with Gasteiger partial charge in [-0.3, -0.25) is 9.97 Å². The van der Waals surface area contributed by atoms with Gasteiger partial charge >= 0.3 is 0 Å². The van der Waals surface area contributed by atoms with Crippen molar-refractivity contribution in [1.29, 1.82) is 0 Å². The molecule has 1 unspecified atom stereocenters. The van der Waals surface area contributed by atoms with Crippen molar-refractivity contribution in [3.8, 4) is 0 Å². The lowest BCUT2D eigenvalue weighted by Gasteiger charge is -2.15. The van der Waals surface area contributed by atoms with E-state index < -0.39 is 0 Å². The fourth-order valence-corrected chi connectivity index (χ4v) is 1.81. The third-order valence-electron chi connectivity index (χ3n) is 2.33. The largest absolute Gasteiger partial charge is 0.377 e. The van der Waals surface area contributed by atoms with Crippen LogP contribution in [0.4, 0.5) is 5.69 Å². The van der Waals surface area contributed by atoms with Crippen LogP contribution < -0.4 is 5.32 Å². The van der Waals surface area contributed by atoms with Crippen molar-refractivity contribution in [1.82, 2.24) is 9.97 Å². The first-order valence-corrected chi connectivity index (χ1v) is 5.82. The average molecular weight is 278 g/mol. The standard InChI is InChI=1S/C12H12BrN3/c1-9(10-3-2-5-14-7-10)16-12-4-6-15-8-11(12)13/h2-9H,1H3,(H,15,16). The Labute approximate surface area is 103 Å². The molecule has 0 amide bonds. The van der Waals surface area contributed by atoms with E-state index >= 15 is 0 Å². The number of nitrogens with one attached hydrogen (secondary N) is 1. The van der Waals surface area contributed by atoms with Gasteiger partial charge in [0.25, 0.3) is 0 Å². The highest BCUT2D eigenvalue weighted by molar-refractivity contribution is 9.10. The highest BCUT2D eigenvalue weighted by atomic mass is 79.9. The SMILES string of the molecule is CC(Nc1ccncc1Br)c1cccnc1. The van der Waals surface area contributed by atoms with E-state index in [-0.39, 0.29) is 6.04 Å². The maximum absolute atomic E-state index is 4.11. The maximum Gasteiger partial charge on any atom is 0.0590 e. The Morgan fingerprint density at radius 1 is 1.19 bits per heavy atom. The van der Waals surface area contributed by atoms with Crippen LogP contribution >= 0.6 is 15.9 Å². The molecule has 2 aromatic heterocycles. The number of hydrogen-bond acceptors (Lipinski definition) is 3. The normalized spacial score (nSPS) is 12.1. The summed E-state index contributed by atoms with van der Waals surface area (Å²) in [6, 6.07) is 6.15. The molecule has 0 aliphatic rings. The Kier molecular flexibility index (Phi) is 3.51. The van der Waals surface area contributed by atoms with Gasteiger partial charge in [0, 0.05) is 24.8 Å². The van der Waals surface area contributed by atoms with Crippen molar-refractivity contribution in [2.45, 2.75) is 13.0 Å². The molecule has 0 saturated carbocycles. The highest BCUT2D eigenvalue weighted by Gasteiger charge is 2.06. The molecule has 2 heterocycles. The zero-order chi connectivity index (χ0) is 11.4. The Morgan fingerprint density at radius 3 is 2.69 bits per heavy atom. The van der Waals surface area contributed by atoms with Gasteiger partial charge in [-0.1, -0.05) is 6.07 Å². The molecule has 16 heavy (non-hydrogen) atoms. The van der Waals surface area contributed by atoms with Crippen molar-refractivity contribution in [2.24, 2.45) is 0 Å². The summed E-state index contributed by atoms with van der Waals surface area (Å²) in [6.07, 6.45) is 7.19. The Bertz CT molecular complexity index is 459. The quantitative estimate of drug-likeness (QED) is 0.934. The molecule has 2 aromatic rings. The Balaban J connectivity index is 2.14. The Morgan fingerprint density at radius 2 is 2.00 bits per heavy atom. The van der Waals surface area contributed by atoms with Gasteiger partial charge < -0.3 is 5.32 Å². The van der Waals surface area contributed by atoms with Crippen LogP contribution in [0.2, 0.25) is 0 Å². The molecule has 0 aliphatic heterocycles. The van der Waals surface area contributed by atoms with E-state index in [4.69, 9.17) is 0 Å². The van der Waals surface area contributed by atoms with Gasteiger partial charge in [-0.25, -0.2) is 0 Å². The number of pyridine rings is 2. The second-order valence-electron chi connectivity index (χ2n) is 3.51. The molecule has 3 nitrogen and oxygen atoms in total. The van der Waals surface area contributed by atoms with Crippen LogP contribution in [0.25, 0.3) is 0 Å². The summed E-state index contributed by atoms with van der Waals surface area (Å²) in [5, 5.41) is 3.40. The molecule has 1 atom stereocenters. The van der Waals surface area contributed by atoms with E-state index in [9.17, 15) is 0 Å². The molecule has 1 N–H and O–H groups in total. The van der Waals surface area contributed by atoms with E-state index in [1.54, 1.807) is 18.6 Å². The van der Waals surface area contributed by atoms with Gasteiger partial charge in [-0.05, 0) is 40.5 Å². The Hall–Kier alpha value is -1.42. The summed E-state index contributed by atoms with van der Waals surface area (Å²) in [5.74, 6) is 0. The highest BCUT2D eigenvalue weighted by Crippen LogP contribution is 2.24. The fourth-order valence-electron chi connectivity index (χ4n) is 1.44. The lowest BCUT2D eigenvalue weighted by molar-refractivity contribution is 0.874. The molecule has 0 bridgehead atoms. The topological polar surface area (TPSA) is 37.8 Å². The molecule has 2 rings (SSSR count). The number of anilines is 1. The first-order chi connectivity index (χ1) is 7.77. The second kappa shape index (κ2) is 5.07. The summed E-state index contributed by atoms with van der Waals surface area (Å²) < 4.78 is 0.964. The van der Waals surface area contributed by atoms with E-state index in [1.807, 2.05) is 18.3 Å². The first kappa shape index (κ1) is 11.1. The number of aromatic nitrogens is 2. The summed E-state index contributed by atoms with van der Waals surface area (Å²) >= 11 is 3.46. The van der Waals surface area contributed by atoms with Crippen LogP contribution in [-0.4, -0.2) is 9.97 Å². The summed E-state index contributed by atoms with van der Waals surface area (Å²) in [7, 11) is 0. The molecule has 0 radical (unpaired) electrons. The van der Waals surface area contributed by atoms with Crippen LogP contribution in [0.1, 0.15) is 18.5 Å². The summed E-state index contributed by atoms with van der Waals surface area (Å²) in [6.45, 7) is 2.10. The minimum atomic E-state index is 0.215. The van der Waals surface area contributed by atoms with Crippen molar-refractivity contribution >= 4 is 21.6 Å². The molecular formula is C12H12BrN3. The van der Waals surface area contributed by atoms with Gasteiger partial charge in [-0.2, -0.15) is 0 Å². The maximum atomic E-state index is 4.11. The van der Waals surface area contributed by atoms with Crippen LogP contribution in [0, 0.1) is 0 Å². The molecule has 0 fully saturated rings. The van der Waals surface area contributed by atoms with Gasteiger partial charge in [-0.15, -0.1) is 0 Å². The summed E-state index contributed by atoms with van der Waals surface area (Å²) in [4.78, 5) is 8.13. The minimum Gasteiger partial charge on any atom is -0.377 e. The summed E-state index contributed by atoms with van der Waals surface area (Å²) in [5.41, 5.74) is 2.19. The smallest absolute Gasteiger partial charge is 0.0590 e. The molecule has 0 spiro atoms. The zero-order valence-electron chi connectivity index (χ0n) is 8.89. The monoisotopic (exact) mass is 277 g/mol. The van der Waals surface area contributed by atoms with Crippen LogP contribution in [-0.2, 0) is 0 Å². The van der Waals surface area contributed by atoms with E-state index in [0.29, 0.717) is 0 Å². The average Bonchev–Trinajstić information content (AvgIpc) is 2.33. The van der Waals surface area contributed by atoms with E-state index in [0.717, 1.165) is 15.7 Å². The predicted octanol–water partition coefficient (Wildman–Crippen LogP) is 3.41. The third kappa shape index (κ3) is 2.58. The van der Waals surface area contributed by atoms with E-state index in [1.165, 1.54) is 0 Å². The second-order valence-corrected chi connectivity index (χ2v) is 4.36.